The standard InChI is InChI=1S/C13H16N2O2/c16-12(17)15-7-11-13(9-15,8-14-11)6-10-4-2-1-3-5-10/h1-5,11,14H,6-9H2,(H,16,17)/t11-,13+/m1/s1. The molecule has 2 N–H and O–H groups in total. The first-order chi connectivity index (χ1) is 8.20. The van der Waals surface area contributed by atoms with E-state index in [0.717, 1.165) is 13.0 Å². The molecular weight excluding hydrogens is 216 g/mol. The van der Waals surface area contributed by atoms with Crippen molar-refractivity contribution in [2.75, 3.05) is 19.6 Å². The first-order valence-electron chi connectivity index (χ1n) is 5.95. The van der Waals surface area contributed by atoms with E-state index in [1.165, 1.54) is 10.5 Å². The second-order valence-corrected chi connectivity index (χ2v) is 5.12. The Morgan fingerprint density at radius 2 is 2.24 bits per heavy atom. The summed E-state index contributed by atoms with van der Waals surface area (Å²) in [6, 6.07) is 10.7. The molecule has 0 unspecified atom stereocenters. The van der Waals surface area contributed by atoms with Crippen LogP contribution in [0.1, 0.15) is 5.56 Å². The van der Waals surface area contributed by atoms with E-state index in [4.69, 9.17) is 5.11 Å². The molecular formula is C13H16N2O2. The summed E-state index contributed by atoms with van der Waals surface area (Å²) in [6.07, 6.45) is 0.170. The number of rotatable bonds is 2. The van der Waals surface area contributed by atoms with Crippen LogP contribution in [0.2, 0.25) is 0 Å². The molecule has 2 aliphatic heterocycles. The number of carboxylic acid groups (broad SMARTS) is 1. The van der Waals surface area contributed by atoms with Crippen LogP contribution in [0.4, 0.5) is 4.79 Å². The van der Waals surface area contributed by atoms with Gasteiger partial charge in [0.15, 0.2) is 0 Å². The molecule has 0 spiro atoms. The summed E-state index contributed by atoms with van der Waals surface area (Å²) >= 11 is 0. The van der Waals surface area contributed by atoms with E-state index in [2.05, 4.69) is 17.4 Å². The Morgan fingerprint density at radius 1 is 1.47 bits per heavy atom. The van der Waals surface area contributed by atoms with E-state index in [-0.39, 0.29) is 5.41 Å². The van der Waals surface area contributed by atoms with Gasteiger partial charge in [-0.1, -0.05) is 30.3 Å². The van der Waals surface area contributed by atoms with Crippen molar-refractivity contribution in [2.45, 2.75) is 12.5 Å². The number of amides is 1. The molecule has 2 saturated heterocycles. The number of hydrogen-bond donors (Lipinski definition) is 2. The molecule has 2 atom stereocenters. The highest BCUT2D eigenvalue weighted by atomic mass is 16.4. The summed E-state index contributed by atoms with van der Waals surface area (Å²) in [5, 5.41) is 12.4. The van der Waals surface area contributed by atoms with Crippen LogP contribution in [-0.4, -0.2) is 41.8 Å². The summed E-state index contributed by atoms with van der Waals surface area (Å²) in [5.74, 6) is 0. The molecule has 0 aromatic heterocycles. The minimum absolute atomic E-state index is 0.125. The second-order valence-electron chi connectivity index (χ2n) is 5.12. The maximum Gasteiger partial charge on any atom is 0.407 e. The molecule has 1 aromatic carbocycles. The molecule has 3 rings (SSSR count). The zero-order chi connectivity index (χ0) is 11.9. The largest absolute Gasteiger partial charge is 0.465 e. The fourth-order valence-corrected chi connectivity index (χ4v) is 3.01. The Hall–Kier alpha value is -1.55. The Morgan fingerprint density at radius 3 is 2.82 bits per heavy atom. The van der Waals surface area contributed by atoms with Gasteiger partial charge in [0.2, 0.25) is 0 Å². The fraction of sp³-hybridized carbons (Fsp3) is 0.462. The van der Waals surface area contributed by atoms with Crippen LogP contribution >= 0.6 is 0 Å². The van der Waals surface area contributed by atoms with Crippen molar-refractivity contribution in [3.05, 3.63) is 35.9 Å². The molecule has 1 aromatic rings. The van der Waals surface area contributed by atoms with Crippen molar-refractivity contribution in [2.24, 2.45) is 5.41 Å². The fourth-order valence-electron chi connectivity index (χ4n) is 3.01. The first-order valence-corrected chi connectivity index (χ1v) is 5.95. The van der Waals surface area contributed by atoms with E-state index < -0.39 is 6.09 Å². The van der Waals surface area contributed by atoms with Crippen LogP contribution in [0.5, 0.6) is 0 Å². The molecule has 2 aliphatic rings. The van der Waals surface area contributed by atoms with Crippen LogP contribution in [0.15, 0.2) is 30.3 Å². The van der Waals surface area contributed by atoms with Crippen molar-refractivity contribution >= 4 is 6.09 Å². The molecule has 4 nitrogen and oxygen atoms in total. The third kappa shape index (κ3) is 1.69. The topological polar surface area (TPSA) is 52.6 Å². The quantitative estimate of drug-likeness (QED) is 0.805. The average Bonchev–Trinajstić information content (AvgIpc) is 2.55. The van der Waals surface area contributed by atoms with Crippen LogP contribution < -0.4 is 5.32 Å². The summed E-state index contributed by atoms with van der Waals surface area (Å²) < 4.78 is 0. The Labute approximate surface area is 100 Å². The molecule has 90 valence electrons. The minimum atomic E-state index is -0.798. The lowest BCUT2D eigenvalue weighted by Gasteiger charge is -2.45. The monoisotopic (exact) mass is 232 g/mol. The minimum Gasteiger partial charge on any atom is -0.465 e. The van der Waals surface area contributed by atoms with Gasteiger partial charge in [-0.2, -0.15) is 0 Å². The van der Waals surface area contributed by atoms with E-state index in [0.29, 0.717) is 19.1 Å². The lowest BCUT2D eigenvalue weighted by Crippen LogP contribution is -2.62. The smallest absolute Gasteiger partial charge is 0.407 e. The maximum absolute atomic E-state index is 11.0. The molecule has 1 amide bonds. The van der Waals surface area contributed by atoms with Crippen LogP contribution in [0, 0.1) is 5.41 Å². The number of fused-ring (bicyclic) bond motifs is 1. The summed E-state index contributed by atoms with van der Waals surface area (Å²) in [7, 11) is 0. The number of nitrogens with one attached hydrogen (secondary N) is 1. The van der Waals surface area contributed by atoms with Gasteiger partial charge in [0, 0.05) is 31.1 Å². The first kappa shape index (κ1) is 10.6. The summed E-state index contributed by atoms with van der Waals surface area (Å²) in [6.45, 7) is 2.22. The van der Waals surface area contributed by atoms with Crippen LogP contribution in [-0.2, 0) is 6.42 Å². The third-order valence-corrected chi connectivity index (χ3v) is 4.02. The van der Waals surface area contributed by atoms with Crippen molar-refractivity contribution in [3.63, 3.8) is 0 Å². The van der Waals surface area contributed by atoms with E-state index in [1.54, 1.807) is 0 Å². The lowest BCUT2D eigenvalue weighted by atomic mass is 9.72. The highest BCUT2D eigenvalue weighted by Crippen LogP contribution is 2.39. The highest BCUT2D eigenvalue weighted by molar-refractivity contribution is 5.66. The Kier molecular flexibility index (Phi) is 2.33. The highest BCUT2D eigenvalue weighted by Gasteiger charge is 2.53. The van der Waals surface area contributed by atoms with Crippen molar-refractivity contribution in [3.8, 4) is 0 Å². The van der Waals surface area contributed by atoms with Gasteiger partial charge < -0.3 is 15.3 Å². The molecule has 2 fully saturated rings. The molecule has 0 aliphatic carbocycles. The Balaban J connectivity index is 1.77. The molecule has 4 heteroatoms. The molecule has 0 bridgehead atoms. The van der Waals surface area contributed by atoms with Crippen LogP contribution in [0.3, 0.4) is 0 Å². The molecule has 0 radical (unpaired) electrons. The second kappa shape index (κ2) is 3.74. The zero-order valence-corrected chi connectivity index (χ0v) is 9.60. The molecule has 17 heavy (non-hydrogen) atoms. The number of hydrogen-bond acceptors (Lipinski definition) is 2. The van der Waals surface area contributed by atoms with Crippen molar-refractivity contribution in [1.82, 2.24) is 10.2 Å². The van der Waals surface area contributed by atoms with Crippen molar-refractivity contribution < 1.29 is 9.90 Å². The zero-order valence-electron chi connectivity index (χ0n) is 9.60. The van der Waals surface area contributed by atoms with Gasteiger partial charge in [-0.25, -0.2) is 4.79 Å². The predicted octanol–water partition coefficient (Wildman–Crippen LogP) is 1.18. The molecule has 2 heterocycles. The van der Waals surface area contributed by atoms with Crippen molar-refractivity contribution in [1.29, 1.82) is 0 Å². The van der Waals surface area contributed by atoms with Crippen LogP contribution in [0.25, 0.3) is 0 Å². The lowest BCUT2D eigenvalue weighted by molar-refractivity contribution is 0.126. The number of benzene rings is 1. The van der Waals surface area contributed by atoms with E-state index >= 15 is 0 Å². The average molecular weight is 232 g/mol. The van der Waals surface area contributed by atoms with E-state index in [1.807, 2.05) is 18.2 Å². The van der Waals surface area contributed by atoms with Gasteiger partial charge in [0.05, 0.1) is 0 Å². The van der Waals surface area contributed by atoms with Gasteiger partial charge >= 0.3 is 6.09 Å². The Bertz CT molecular complexity index is 434. The maximum atomic E-state index is 11.0. The normalized spacial score (nSPS) is 30.8. The number of likely N-dealkylation sites (tertiary alicyclic amines) is 1. The summed E-state index contributed by atoms with van der Waals surface area (Å²) in [4.78, 5) is 12.5. The van der Waals surface area contributed by atoms with Gasteiger partial charge in [0.1, 0.15) is 0 Å². The van der Waals surface area contributed by atoms with Gasteiger partial charge in [-0.05, 0) is 12.0 Å². The predicted molar refractivity (Wildman–Crippen MR) is 64.0 cm³/mol. The third-order valence-electron chi connectivity index (χ3n) is 4.02. The van der Waals surface area contributed by atoms with Gasteiger partial charge in [-0.15, -0.1) is 0 Å². The summed E-state index contributed by atoms with van der Waals surface area (Å²) in [5.41, 5.74) is 1.42. The van der Waals surface area contributed by atoms with Gasteiger partial charge in [-0.3, -0.25) is 0 Å². The van der Waals surface area contributed by atoms with E-state index in [9.17, 15) is 4.79 Å². The SMILES string of the molecule is O=C(O)N1C[C@H]2NC[C@@]2(Cc2ccccc2)C1. The molecule has 0 saturated carbocycles. The van der Waals surface area contributed by atoms with Gasteiger partial charge in [0.25, 0.3) is 0 Å². The number of carbonyl (C=O) groups is 1. The number of nitrogens with zero attached hydrogens (tertiary/aromatic N) is 1.